The maximum Gasteiger partial charge on any atom is 0.161 e. The van der Waals surface area contributed by atoms with Crippen molar-refractivity contribution in [3.05, 3.63) is 59.2 Å². The van der Waals surface area contributed by atoms with Crippen LogP contribution in [0.1, 0.15) is 16.7 Å². The topological polar surface area (TPSA) is 30.8 Å². The van der Waals surface area contributed by atoms with Gasteiger partial charge in [0.2, 0.25) is 0 Å². The van der Waals surface area contributed by atoms with Crippen LogP contribution in [0.25, 0.3) is 0 Å². The van der Waals surface area contributed by atoms with E-state index in [1.165, 1.54) is 16.7 Å². The number of fused-ring (bicyclic) bond motifs is 1. The minimum Gasteiger partial charge on any atom is -0.493 e. The summed E-state index contributed by atoms with van der Waals surface area (Å²) in [6, 6.07) is 14.6. The van der Waals surface area contributed by atoms with Crippen molar-refractivity contribution < 1.29 is 9.47 Å². The second-order valence-electron chi connectivity index (χ2n) is 5.11. The average molecular weight is 318 g/mol. The Bertz CT molecular complexity index is 668. The molecule has 0 aromatic heterocycles. The molecule has 0 bridgehead atoms. The Morgan fingerprint density at radius 3 is 2.36 bits per heavy atom. The van der Waals surface area contributed by atoms with Gasteiger partial charge in [0, 0.05) is 24.2 Å². The number of methoxy groups -OCH3 is 2. The fourth-order valence-electron chi connectivity index (χ4n) is 2.73. The zero-order valence-corrected chi connectivity index (χ0v) is 13.7. The highest BCUT2D eigenvalue weighted by molar-refractivity contribution is 6.04. The lowest BCUT2D eigenvalue weighted by molar-refractivity contribution is 0.354. The summed E-state index contributed by atoms with van der Waals surface area (Å²) in [5.41, 5.74) is 4.87. The minimum absolute atomic E-state index is 0. The van der Waals surface area contributed by atoms with E-state index in [0.717, 1.165) is 36.6 Å². The van der Waals surface area contributed by atoms with Gasteiger partial charge in [-0.3, -0.25) is 4.99 Å². The predicted octanol–water partition coefficient (Wildman–Crippen LogP) is 3.71. The van der Waals surface area contributed by atoms with Crippen LogP contribution in [0.3, 0.4) is 0 Å². The first kappa shape index (κ1) is 16.4. The van der Waals surface area contributed by atoms with Crippen LogP contribution in [-0.2, 0) is 12.8 Å². The van der Waals surface area contributed by atoms with Crippen molar-refractivity contribution in [1.82, 2.24) is 0 Å². The molecule has 1 aliphatic rings. The first-order valence-electron chi connectivity index (χ1n) is 7.14. The Morgan fingerprint density at radius 1 is 1.00 bits per heavy atom. The minimum atomic E-state index is 0. The highest BCUT2D eigenvalue weighted by Crippen LogP contribution is 2.33. The molecule has 3 nitrogen and oxygen atoms in total. The molecule has 4 heteroatoms. The maximum absolute atomic E-state index is 5.42. The molecular weight excluding hydrogens is 298 g/mol. The van der Waals surface area contributed by atoms with Crippen LogP contribution in [0.2, 0.25) is 0 Å². The van der Waals surface area contributed by atoms with Crippen molar-refractivity contribution >= 4 is 18.1 Å². The van der Waals surface area contributed by atoms with E-state index < -0.39 is 0 Å². The van der Waals surface area contributed by atoms with Gasteiger partial charge < -0.3 is 9.47 Å². The molecule has 1 aliphatic heterocycles. The Kier molecular flexibility index (Phi) is 5.45. The molecule has 0 radical (unpaired) electrons. The van der Waals surface area contributed by atoms with Gasteiger partial charge in [-0.25, -0.2) is 0 Å². The molecule has 116 valence electrons. The average Bonchev–Trinajstić information content (AvgIpc) is 2.55. The third kappa shape index (κ3) is 3.25. The van der Waals surface area contributed by atoms with E-state index in [2.05, 4.69) is 36.4 Å². The van der Waals surface area contributed by atoms with E-state index in [1.807, 2.05) is 6.07 Å². The molecule has 2 aromatic carbocycles. The number of rotatable bonds is 4. The fraction of sp³-hybridized carbons (Fsp3) is 0.278. The molecule has 3 rings (SSSR count). The zero-order valence-electron chi connectivity index (χ0n) is 12.8. The van der Waals surface area contributed by atoms with E-state index in [0.29, 0.717) is 0 Å². The number of hydrogen-bond acceptors (Lipinski definition) is 3. The third-order valence-corrected chi connectivity index (χ3v) is 3.82. The van der Waals surface area contributed by atoms with E-state index >= 15 is 0 Å². The van der Waals surface area contributed by atoms with Crippen LogP contribution in [0.15, 0.2) is 47.5 Å². The lowest BCUT2D eigenvalue weighted by Gasteiger charge is -2.20. The summed E-state index contributed by atoms with van der Waals surface area (Å²) in [5.74, 6) is 1.55. The normalized spacial score (nSPS) is 12.7. The van der Waals surface area contributed by atoms with Gasteiger partial charge in [0.05, 0.1) is 14.2 Å². The monoisotopic (exact) mass is 317 g/mol. The number of benzene rings is 2. The second kappa shape index (κ2) is 7.32. The van der Waals surface area contributed by atoms with Gasteiger partial charge in [-0.1, -0.05) is 30.3 Å². The predicted molar refractivity (Wildman–Crippen MR) is 92.0 cm³/mol. The van der Waals surface area contributed by atoms with Crippen molar-refractivity contribution in [2.75, 3.05) is 20.8 Å². The highest BCUT2D eigenvalue weighted by Gasteiger charge is 2.18. The highest BCUT2D eigenvalue weighted by atomic mass is 35.5. The van der Waals surface area contributed by atoms with Crippen LogP contribution >= 0.6 is 12.4 Å². The number of nitrogens with zero attached hydrogens (tertiary/aromatic N) is 1. The molecule has 1 heterocycles. The number of aliphatic imine (C=N–C) groups is 1. The Labute approximate surface area is 137 Å². The second-order valence-corrected chi connectivity index (χ2v) is 5.11. The molecule has 0 saturated heterocycles. The Balaban J connectivity index is 0.00000176. The van der Waals surface area contributed by atoms with Crippen LogP contribution in [-0.4, -0.2) is 26.5 Å². The summed E-state index contributed by atoms with van der Waals surface area (Å²) < 4.78 is 10.8. The SMILES string of the molecule is COc1cc2c(cc1OC)C(Cc1ccccc1)=NCC2.Cl. The molecule has 0 fully saturated rings. The zero-order chi connectivity index (χ0) is 14.7. The Morgan fingerprint density at radius 2 is 1.68 bits per heavy atom. The molecule has 0 saturated carbocycles. The fourth-order valence-corrected chi connectivity index (χ4v) is 2.73. The standard InChI is InChI=1S/C18H19NO2.ClH/c1-20-17-11-14-8-9-19-16(15(14)12-18(17)21-2)10-13-6-4-3-5-7-13;/h3-7,11-12H,8-10H2,1-2H3;1H. The van der Waals surface area contributed by atoms with E-state index in [4.69, 9.17) is 14.5 Å². The summed E-state index contributed by atoms with van der Waals surface area (Å²) in [4.78, 5) is 4.72. The van der Waals surface area contributed by atoms with Crippen molar-refractivity contribution in [1.29, 1.82) is 0 Å². The van der Waals surface area contributed by atoms with Crippen LogP contribution in [0.5, 0.6) is 11.5 Å². The van der Waals surface area contributed by atoms with Crippen molar-refractivity contribution in [2.24, 2.45) is 4.99 Å². The molecule has 0 amide bonds. The van der Waals surface area contributed by atoms with Crippen LogP contribution < -0.4 is 9.47 Å². The largest absolute Gasteiger partial charge is 0.493 e. The molecule has 0 N–H and O–H groups in total. The summed E-state index contributed by atoms with van der Waals surface area (Å²) in [6.45, 7) is 0.838. The van der Waals surface area contributed by atoms with Crippen molar-refractivity contribution in [2.45, 2.75) is 12.8 Å². The summed E-state index contributed by atoms with van der Waals surface area (Å²) >= 11 is 0. The molecule has 0 spiro atoms. The van der Waals surface area contributed by atoms with Gasteiger partial charge in [-0.05, 0) is 29.7 Å². The van der Waals surface area contributed by atoms with Crippen LogP contribution in [0, 0.1) is 0 Å². The summed E-state index contributed by atoms with van der Waals surface area (Å²) in [5, 5.41) is 0. The van der Waals surface area contributed by atoms with Gasteiger partial charge in [-0.15, -0.1) is 12.4 Å². The van der Waals surface area contributed by atoms with Crippen LogP contribution in [0.4, 0.5) is 0 Å². The van der Waals surface area contributed by atoms with E-state index in [9.17, 15) is 0 Å². The number of halogens is 1. The number of hydrogen-bond donors (Lipinski definition) is 0. The molecule has 0 atom stereocenters. The third-order valence-electron chi connectivity index (χ3n) is 3.82. The molecule has 2 aromatic rings. The molecule has 0 unspecified atom stereocenters. The van der Waals surface area contributed by atoms with Crippen molar-refractivity contribution in [3.8, 4) is 11.5 Å². The first-order valence-corrected chi connectivity index (χ1v) is 7.14. The molecule has 0 aliphatic carbocycles. The van der Waals surface area contributed by atoms with Crippen molar-refractivity contribution in [3.63, 3.8) is 0 Å². The van der Waals surface area contributed by atoms with E-state index in [-0.39, 0.29) is 12.4 Å². The molecule has 22 heavy (non-hydrogen) atoms. The quantitative estimate of drug-likeness (QED) is 0.860. The summed E-state index contributed by atoms with van der Waals surface area (Å²) in [6.07, 6.45) is 1.80. The van der Waals surface area contributed by atoms with Gasteiger partial charge in [0.25, 0.3) is 0 Å². The lowest BCUT2D eigenvalue weighted by Crippen LogP contribution is -2.15. The van der Waals surface area contributed by atoms with Gasteiger partial charge in [0.15, 0.2) is 11.5 Å². The van der Waals surface area contributed by atoms with Gasteiger partial charge >= 0.3 is 0 Å². The van der Waals surface area contributed by atoms with Gasteiger partial charge in [0.1, 0.15) is 0 Å². The number of ether oxygens (including phenoxy) is 2. The smallest absolute Gasteiger partial charge is 0.161 e. The molecular formula is C18H20ClNO2. The summed E-state index contributed by atoms with van der Waals surface area (Å²) in [7, 11) is 3.34. The van der Waals surface area contributed by atoms with Gasteiger partial charge in [-0.2, -0.15) is 0 Å². The lowest BCUT2D eigenvalue weighted by atomic mass is 9.93. The first-order chi connectivity index (χ1) is 10.3. The Hall–Kier alpha value is -2.00. The maximum atomic E-state index is 5.42. The van der Waals surface area contributed by atoms with E-state index in [1.54, 1.807) is 14.2 Å².